The van der Waals surface area contributed by atoms with Gasteiger partial charge >= 0.3 is 6.01 Å². The number of carbonyl (C=O) groups excluding carboxylic acids is 1. The van der Waals surface area contributed by atoms with Gasteiger partial charge in [0.1, 0.15) is 0 Å². The highest BCUT2D eigenvalue weighted by atomic mass is 35.5. The fourth-order valence-electron chi connectivity index (χ4n) is 2.30. The molecule has 0 aliphatic heterocycles. The first-order chi connectivity index (χ1) is 12.8. The maximum Gasteiger partial charge on any atom is 0.336 e. The largest absolute Gasteiger partial charge is 0.462 e. The summed E-state index contributed by atoms with van der Waals surface area (Å²) in [7, 11) is 0. The number of nitrogens with zero attached hydrogens (tertiary/aromatic N) is 3. The van der Waals surface area contributed by atoms with Gasteiger partial charge in [0.15, 0.2) is 5.82 Å². The minimum Gasteiger partial charge on any atom is -0.462 e. The van der Waals surface area contributed by atoms with Crippen LogP contribution in [0.2, 0.25) is 15.1 Å². The molecule has 0 bridgehead atoms. The van der Waals surface area contributed by atoms with E-state index in [1.165, 1.54) is 4.68 Å². The van der Waals surface area contributed by atoms with Gasteiger partial charge in [0.2, 0.25) is 0 Å². The summed E-state index contributed by atoms with van der Waals surface area (Å²) in [5.74, 6) is 0.182. The molecule has 1 aromatic heterocycles. The summed E-state index contributed by atoms with van der Waals surface area (Å²) < 4.78 is 6.77. The number of benzene rings is 2. The normalized spacial score (nSPS) is 11.0. The number of aromatic nitrogens is 3. The molecule has 0 saturated heterocycles. The van der Waals surface area contributed by atoms with E-state index in [1.807, 2.05) is 13.8 Å². The van der Waals surface area contributed by atoms with Crippen LogP contribution in [0.1, 0.15) is 24.2 Å². The lowest BCUT2D eigenvalue weighted by atomic mass is 10.2. The summed E-state index contributed by atoms with van der Waals surface area (Å²) in [5.41, 5.74) is 0.932. The third-order valence-electron chi connectivity index (χ3n) is 3.59. The van der Waals surface area contributed by atoms with E-state index in [9.17, 15) is 4.79 Å². The average molecular weight is 425 g/mol. The molecule has 27 heavy (non-hydrogen) atoms. The van der Waals surface area contributed by atoms with Crippen molar-refractivity contribution in [2.24, 2.45) is 5.92 Å². The summed E-state index contributed by atoms with van der Waals surface area (Å²) in [6.07, 6.45) is 0. The van der Waals surface area contributed by atoms with Gasteiger partial charge in [0.05, 0.1) is 11.6 Å². The number of carbonyl (C=O) groups is 1. The molecule has 2 aromatic carbocycles. The molecular formula is C19H16Cl3N3O2. The van der Waals surface area contributed by atoms with Gasteiger partial charge in [-0.15, -0.1) is 5.10 Å². The van der Waals surface area contributed by atoms with Crippen LogP contribution in [0.5, 0.6) is 6.01 Å². The van der Waals surface area contributed by atoms with Crippen molar-refractivity contribution in [1.82, 2.24) is 14.8 Å². The van der Waals surface area contributed by atoms with Crippen LogP contribution in [-0.4, -0.2) is 27.3 Å². The van der Waals surface area contributed by atoms with Crippen molar-refractivity contribution >= 4 is 40.7 Å². The predicted molar refractivity (Wildman–Crippen MR) is 107 cm³/mol. The first-order valence-electron chi connectivity index (χ1n) is 8.20. The third-order valence-corrected chi connectivity index (χ3v) is 4.39. The molecule has 140 valence electrons. The molecular weight excluding hydrogens is 409 g/mol. The van der Waals surface area contributed by atoms with Gasteiger partial charge < -0.3 is 4.74 Å². The van der Waals surface area contributed by atoms with Gasteiger partial charge in [-0.1, -0.05) is 48.7 Å². The van der Waals surface area contributed by atoms with Crippen LogP contribution in [0, 0.1) is 5.92 Å². The Labute approximate surface area is 171 Å². The molecule has 3 rings (SSSR count). The Bertz CT molecular complexity index is 969. The Balaban J connectivity index is 2.07. The van der Waals surface area contributed by atoms with Crippen LogP contribution in [0.15, 0.2) is 42.5 Å². The van der Waals surface area contributed by atoms with Gasteiger partial charge in [0, 0.05) is 21.2 Å². The second-order valence-electron chi connectivity index (χ2n) is 6.27. The van der Waals surface area contributed by atoms with Crippen LogP contribution in [-0.2, 0) is 0 Å². The fourth-order valence-corrected chi connectivity index (χ4v) is 2.92. The molecule has 0 spiro atoms. The lowest BCUT2D eigenvalue weighted by molar-refractivity contribution is 0.0944. The molecule has 5 nitrogen and oxygen atoms in total. The van der Waals surface area contributed by atoms with Gasteiger partial charge in [-0.3, -0.25) is 4.79 Å². The van der Waals surface area contributed by atoms with E-state index in [-0.39, 0.29) is 23.7 Å². The Morgan fingerprint density at radius 3 is 2.37 bits per heavy atom. The summed E-state index contributed by atoms with van der Waals surface area (Å²) in [6, 6.07) is 11.6. The quantitative estimate of drug-likeness (QED) is 0.533. The van der Waals surface area contributed by atoms with Gasteiger partial charge in [-0.25, -0.2) is 0 Å². The third kappa shape index (κ3) is 4.61. The van der Waals surface area contributed by atoms with Crippen molar-refractivity contribution < 1.29 is 9.53 Å². The fraction of sp³-hybridized carbons (Fsp3) is 0.211. The lowest BCUT2D eigenvalue weighted by Gasteiger charge is -2.06. The topological polar surface area (TPSA) is 57.0 Å². The molecule has 0 aliphatic rings. The summed E-state index contributed by atoms with van der Waals surface area (Å²) >= 11 is 18.2. The summed E-state index contributed by atoms with van der Waals surface area (Å²) in [4.78, 5) is 17.3. The van der Waals surface area contributed by atoms with Gasteiger partial charge in [-0.2, -0.15) is 9.67 Å². The van der Waals surface area contributed by atoms with E-state index < -0.39 is 0 Å². The van der Waals surface area contributed by atoms with E-state index >= 15 is 0 Å². The Morgan fingerprint density at radius 2 is 1.74 bits per heavy atom. The molecule has 8 heteroatoms. The smallest absolute Gasteiger partial charge is 0.336 e. The molecule has 0 unspecified atom stereocenters. The second kappa shape index (κ2) is 8.30. The minimum atomic E-state index is -0.375. The van der Waals surface area contributed by atoms with Crippen molar-refractivity contribution in [3.05, 3.63) is 63.1 Å². The average Bonchev–Trinajstić information content (AvgIpc) is 3.04. The molecule has 0 fully saturated rings. The maximum absolute atomic E-state index is 13.0. The van der Waals surface area contributed by atoms with Crippen molar-refractivity contribution in [1.29, 1.82) is 0 Å². The zero-order valence-electron chi connectivity index (χ0n) is 14.6. The molecule has 3 aromatic rings. The summed E-state index contributed by atoms with van der Waals surface area (Å²) in [5, 5.41) is 5.60. The number of halogens is 3. The monoisotopic (exact) mass is 423 g/mol. The van der Waals surface area contributed by atoms with Crippen molar-refractivity contribution in [3.63, 3.8) is 0 Å². The van der Waals surface area contributed by atoms with Gasteiger partial charge in [0.25, 0.3) is 5.91 Å². The van der Waals surface area contributed by atoms with Crippen LogP contribution in [0.3, 0.4) is 0 Å². The van der Waals surface area contributed by atoms with Crippen LogP contribution in [0.4, 0.5) is 0 Å². The van der Waals surface area contributed by atoms with E-state index in [0.29, 0.717) is 32.8 Å². The standard InChI is InChI=1S/C19H16Cl3N3O2/c1-11(2)10-27-19-23-17(15-8-7-14(21)9-16(15)22)25(24-19)18(26)12-3-5-13(20)6-4-12/h3-9,11H,10H2,1-2H3. The Morgan fingerprint density at radius 1 is 1.07 bits per heavy atom. The van der Waals surface area contributed by atoms with Crippen LogP contribution >= 0.6 is 34.8 Å². The summed E-state index contributed by atoms with van der Waals surface area (Å²) in [6.45, 7) is 4.44. The molecule has 0 atom stereocenters. The van der Waals surface area contributed by atoms with E-state index in [1.54, 1.807) is 42.5 Å². The number of ether oxygens (including phenoxy) is 1. The molecule has 0 N–H and O–H groups in total. The predicted octanol–water partition coefficient (Wildman–Crippen LogP) is 5.63. The molecule has 0 amide bonds. The highest BCUT2D eigenvalue weighted by Gasteiger charge is 2.22. The number of hydrogen-bond acceptors (Lipinski definition) is 4. The van der Waals surface area contributed by atoms with E-state index in [2.05, 4.69) is 10.1 Å². The maximum atomic E-state index is 13.0. The van der Waals surface area contributed by atoms with Crippen molar-refractivity contribution in [2.45, 2.75) is 13.8 Å². The van der Waals surface area contributed by atoms with Crippen LogP contribution < -0.4 is 4.74 Å². The Hall–Kier alpha value is -2.08. The van der Waals surface area contributed by atoms with Crippen molar-refractivity contribution in [3.8, 4) is 17.4 Å². The van der Waals surface area contributed by atoms with E-state index in [0.717, 1.165) is 0 Å². The molecule has 0 saturated carbocycles. The minimum absolute atomic E-state index is 0.104. The highest BCUT2D eigenvalue weighted by molar-refractivity contribution is 6.36. The number of rotatable bonds is 5. The van der Waals surface area contributed by atoms with Crippen LogP contribution in [0.25, 0.3) is 11.4 Å². The molecule has 1 heterocycles. The molecule has 0 aliphatic carbocycles. The Kier molecular flexibility index (Phi) is 6.05. The van der Waals surface area contributed by atoms with E-state index in [4.69, 9.17) is 39.5 Å². The lowest BCUT2D eigenvalue weighted by Crippen LogP contribution is -2.15. The highest BCUT2D eigenvalue weighted by Crippen LogP contribution is 2.30. The first-order valence-corrected chi connectivity index (χ1v) is 9.34. The zero-order chi connectivity index (χ0) is 19.6. The van der Waals surface area contributed by atoms with Crippen molar-refractivity contribution in [2.75, 3.05) is 6.61 Å². The zero-order valence-corrected chi connectivity index (χ0v) is 16.9. The molecule has 0 radical (unpaired) electrons. The number of hydrogen-bond donors (Lipinski definition) is 0. The SMILES string of the molecule is CC(C)COc1nc(-c2ccc(Cl)cc2Cl)n(C(=O)c2ccc(Cl)cc2)n1. The second-order valence-corrected chi connectivity index (χ2v) is 7.55. The first kappa shape index (κ1) is 19.7. The van der Waals surface area contributed by atoms with Gasteiger partial charge in [-0.05, 0) is 48.4 Å².